The van der Waals surface area contributed by atoms with E-state index in [4.69, 9.17) is 9.84 Å². The fraction of sp³-hybridized carbons (Fsp3) is 0.917. The fourth-order valence-electron chi connectivity index (χ4n) is 1.77. The molecule has 2 atom stereocenters. The first-order valence-corrected chi connectivity index (χ1v) is 6.02. The van der Waals surface area contributed by atoms with Crippen LogP contribution in [0.25, 0.3) is 0 Å². The van der Waals surface area contributed by atoms with Crippen LogP contribution in [0, 0.1) is 5.92 Å². The molecule has 1 aliphatic rings. The van der Waals surface area contributed by atoms with E-state index >= 15 is 0 Å². The summed E-state index contributed by atoms with van der Waals surface area (Å²) in [5.41, 5.74) is -0.890. The quantitative estimate of drug-likeness (QED) is 0.664. The summed E-state index contributed by atoms with van der Waals surface area (Å²) in [4.78, 5) is 11.1. The highest BCUT2D eigenvalue weighted by atomic mass is 16.5. The maximum atomic E-state index is 11.1. The van der Waals surface area contributed by atoms with Crippen molar-refractivity contribution in [1.29, 1.82) is 0 Å². The van der Waals surface area contributed by atoms with Crippen LogP contribution >= 0.6 is 0 Å². The van der Waals surface area contributed by atoms with Crippen LogP contribution in [0.2, 0.25) is 0 Å². The number of carbonyl (C=O) groups is 1. The van der Waals surface area contributed by atoms with Crippen molar-refractivity contribution < 1.29 is 14.6 Å². The summed E-state index contributed by atoms with van der Waals surface area (Å²) in [7, 11) is 1.67. The van der Waals surface area contributed by atoms with E-state index in [-0.39, 0.29) is 6.10 Å². The zero-order valence-corrected chi connectivity index (χ0v) is 10.5. The first-order chi connectivity index (χ1) is 7.48. The minimum absolute atomic E-state index is 0.0210. The lowest BCUT2D eigenvalue weighted by Gasteiger charge is -2.27. The second-order valence-corrected chi connectivity index (χ2v) is 5.00. The molecule has 0 radical (unpaired) electrons. The molecule has 1 saturated carbocycles. The largest absolute Gasteiger partial charge is 0.480 e. The van der Waals surface area contributed by atoms with E-state index in [1.165, 1.54) is 12.8 Å². The monoisotopic (exact) mass is 229 g/mol. The number of aliphatic carboxylic acids is 1. The van der Waals surface area contributed by atoms with Crippen LogP contribution in [0.3, 0.4) is 0 Å². The number of likely N-dealkylation sites (N-methyl/N-ethyl adjacent to an activating group) is 1. The molecule has 0 aromatic rings. The van der Waals surface area contributed by atoms with Gasteiger partial charge >= 0.3 is 5.97 Å². The van der Waals surface area contributed by atoms with Crippen molar-refractivity contribution >= 4 is 5.97 Å². The molecule has 1 aliphatic carbocycles. The smallest absolute Gasteiger partial charge is 0.323 e. The predicted octanol–water partition coefficient (Wildman–Crippen LogP) is 1.64. The van der Waals surface area contributed by atoms with Gasteiger partial charge in [0.15, 0.2) is 0 Å². The molecule has 0 amide bonds. The number of rotatable bonds is 8. The Morgan fingerprint density at radius 1 is 1.62 bits per heavy atom. The van der Waals surface area contributed by atoms with E-state index in [1.807, 2.05) is 6.92 Å². The molecule has 2 unspecified atom stereocenters. The number of hydrogen-bond donors (Lipinski definition) is 2. The third-order valence-electron chi connectivity index (χ3n) is 3.34. The Balaban J connectivity index is 2.24. The van der Waals surface area contributed by atoms with Gasteiger partial charge in [0.1, 0.15) is 5.54 Å². The Morgan fingerprint density at radius 3 is 2.69 bits per heavy atom. The highest BCUT2D eigenvalue weighted by Crippen LogP contribution is 2.32. The van der Waals surface area contributed by atoms with Crippen LogP contribution in [0.4, 0.5) is 0 Å². The van der Waals surface area contributed by atoms with Gasteiger partial charge in [0, 0.05) is 13.0 Å². The number of carboxylic acids is 1. The lowest BCUT2D eigenvalue weighted by atomic mass is 9.95. The van der Waals surface area contributed by atoms with Crippen molar-refractivity contribution in [3.05, 3.63) is 0 Å². The summed E-state index contributed by atoms with van der Waals surface area (Å²) in [6.45, 7) is 4.38. The summed E-state index contributed by atoms with van der Waals surface area (Å²) >= 11 is 0. The molecule has 0 aromatic carbocycles. The Labute approximate surface area is 97.4 Å². The Kier molecular flexibility index (Phi) is 4.74. The van der Waals surface area contributed by atoms with Crippen molar-refractivity contribution in [2.75, 3.05) is 13.7 Å². The van der Waals surface area contributed by atoms with Crippen molar-refractivity contribution in [3.63, 3.8) is 0 Å². The molecular weight excluding hydrogens is 206 g/mol. The lowest BCUT2D eigenvalue weighted by molar-refractivity contribution is -0.145. The average molecular weight is 229 g/mol. The fourth-order valence-corrected chi connectivity index (χ4v) is 1.77. The van der Waals surface area contributed by atoms with Gasteiger partial charge in [-0.2, -0.15) is 0 Å². The Morgan fingerprint density at radius 2 is 2.25 bits per heavy atom. The van der Waals surface area contributed by atoms with E-state index in [1.54, 1.807) is 14.0 Å². The number of hydrogen-bond acceptors (Lipinski definition) is 3. The molecule has 0 heterocycles. The third-order valence-corrected chi connectivity index (χ3v) is 3.34. The van der Waals surface area contributed by atoms with Crippen LogP contribution in [-0.4, -0.2) is 36.4 Å². The van der Waals surface area contributed by atoms with Crippen molar-refractivity contribution in [2.24, 2.45) is 5.92 Å². The molecular formula is C12H23NO3. The standard InChI is InChI=1S/C12H23NO3/c1-9(16-7-6-10-4-5-10)8-12(2,13-3)11(14)15/h9-10,13H,4-8H2,1-3H3,(H,14,15). The van der Waals surface area contributed by atoms with Crippen LogP contribution < -0.4 is 5.32 Å². The van der Waals surface area contributed by atoms with Crippen molar-refractivity contribution in [3.8, 4) is 0 Å². The maximum absolute atomic E-state index is 11.1. The second-order valence-electron chi connectivity index (χ2n) is 5.00. The molecule has 4 nitrogen and oxygen atoms in total. The van der Waals surface area contributed by atoms with Gasteiger partial charge in [-0.3, -0.25) is 4.79 Å². The zero-order valence-electron chi connectivity index (χ0n) is 10.5. The Bertz CT molecular complexity index is 240. The molecule has 94 valence electrons. The maximum Gasteiger partial charge on any atom is 0.323 e. The van der Waals surface area contributed by atoms with E-state index < -0.39 is 11.5 Å². The summed E-state index contributed by atoms with van der Waals surface area (Å²) in [6.07, 6.45) is 4.26. The van der Waals surface area contributed by atoms with Gasteiger partial charge in [-0.25, -0.2) is 0 Å². The molecule has 16 heavy (non-hydrogen) atoms. The van der Waals surface area contributed by atoms with Gasteiger partial charge in [-0.1, -0.05) is 12.8 Å². The van der Waals surface area contributed by atoms with Crippen LogP contribution in [0.1, 0.15) is 39.5 Å². The van der Waals surface area contributed by atoms with Gasteiger partial charge in [-0.15, -0.1) is 0 Å². The van der Waals surface area contributed by atoms with Gasteiger partial charge < -0.3 is 15.2 Å². The van der Waals surface area contributed by atoms with Crippen LogP contribution in [-0.2, 0) is 9.53 Å². The first kappa shape index (κ1) is 13.5. The van der Waals surface area contributed by atoms with Gasteiger partial charge in [0.25, 0.3) is 0 Å². The highest BCUT2D eigenvalue weighted by Gasteiger charge is 2.33. The molecule has 0 spiro atoms. The average Bonchev–Trinajstić information content (AvgIpc) is 3.01. The van der Waals surface area contributed by atoms with E-state index in [0.29, 0.717) is 6.42 Å². The molecule has 0 bridgehead atoms. The minimum atomic E-state index is -0.890. The highest BCUT2D eigenvalue weighted by molar-refractivity contribution is 5.78. The first-order valence-electron chi connectivity index (χ1n) is 6.02. The molecule has 2 N–H and O–H groups in total. The molecule has 1 rings (SSSR count). The van der Waals surface area contributed by atoms with Crippen LogP contribution in [0.5, 0.6) is 0 Å². The molecule has 1 fully saturated rings. The van der Waals surface area contributed by atoms with Gasteiger partial charge in [0.05, 0.1) is 6.10 Å². The molecule has 0 saturated heterocycles. The van der Waals surface area contributed by atoms with E-state index in [0.717, 1.165) is 18.9 Å². The number of nitrogens with one attached hydrogen (secondary N) is 1. The Hall–Kier alpha value is -0.610. The van der Waals surface area contributed by atoms with Crippen molar-refractivity contribution in [2.45, 2.75) is 51.2 Å². The molecule has 0 aromatic heterocycles. The summed E-state index contributed by atoms with van der Waals surface area (Å²) in [5.74, 6) is 0.0370. The van der Waals surface area contributed by atoms with Crippen molar-refractivity contribution in [1.82, 2.24) is 5.32 Å². The summed E-state index contributed by atoms with van der Waals surface area (Å²) in [5, 5.41) is 11.9. The van der Waals surface area contributed by atoms with E-state index in [2.05, 4.69) is 5.32 Å². The number of carboxylic acid groups (broad SMARTS) is 1. The normalized spacial score (nSPS) is 21.4. The SMILES string of the molecule is CNC(C)(CC(C)OCCC1CC1)C(=O)O. The van der Waals surface area contributed by atoms with Crippen LogP contribution in [0.15, 0.2) is 0 Å². The topological polar surface area (TPSA) is 58.6 Å². The minimum Gasteiger partial charge on any atom is -0.480 e. The lowest BCUT2D eigenvalue weighted by Crippen LogP contribution is -2.49. The van der Waals surface area contributed by atoms with Gasteiger partial charge in [0.2, 0.25) is 0 Å². The second kappa shape index (κ2) is 5.64. The third kappa shape index (κ3) is 4.10. The molecule has 0 aliphatic heterocycles. The van der Waals surface area contributed by atoms with E-state index in [9.17, 15) is 4.79 Å². The predicted molar refractivity (Wildman–Crippen MR) is 62.5 cm³/mol. The summed E-state index contributed by atoms with van der Waals surface area (Å²) in [6, 6.07) is 0. The number of ether oxygens (including phenoxy) is 1. The zero-order chi connectivity index (χ0) is 12.2. The van der Waals surface area contributed by atoms with Gasteiger partial charge in [-0.05, 0) is 33.2 Å². The molecule has 4 heteroatoms. The summed E-state index contributed by atoms with van der Waals surface area (Å²) < 4.78 is 5.64.